The Balaban J connectivity index is 2.02. The van der Waals surface area contributed by atoms with E-state index in [4.69, 9.17) is 4.42 Å². The average Bonchev–Trinajstić information content (AvgIpc) is 2.64. The van der Waals surface area contributed by atoms with Gasteiger partial charge in [-0.15, -0.1) is 0 Å². The summed E-state index contributed by atoms with van der Waals surface area (Å²) in [5.74, 6) is 0.999. The first-order valence-electron chi connectivity index (χ1n) is 4.74. The Morgan fingerprint density at radius 1 is 1.54 bits per heavy atom. The van der Waals surface area contributed by atoms with Gasteiger partial charge in [-0.1, -0.05) is 6.92 Å². The number of likely N-dealkylation sites (N-methyl/N-ethyl adjacent to an activating group) is 1. The molecule has 1 heterocycles. The highest BCUT2D eigenvalue weighted by Gasteiger charge is 1.95. The maximum atomic E-state index is 5.19. The van der Waals surface area contributed by atoms with Gasteiger partial charge in [0.1, 0.15) is 5.76 Å². The minimum absolute atomic E-state index is 0.824. The number of furan rings is 1. The molecule has 0 aliphatic rings. The zero-order chi connectivity index (χ0) is 9.52. The van der Waals surface area contributed by atoms with Crippen LogP contribution in [0.15, 0.2) is 22.8 Å². The lowest BCUT2D eigenvalue weighted by Crippen LogP contribution is -2.28. The van der Waals surface area contributed by atoms with Crippen molar-refractivity contribution in [2.24, 2.45) is 0 Å². The number of nitrogens with zero attached hydrogens (tertiary/aromatic N) is 1. The fourth-order valence-electron chi connectivity index (χ4n) is 1.05. The molecule has 0 fully saturated rings. The molecule has 0 amide bonds. The third-order valence-corrected chi connectivity index (χ3v) is 2.09. The molecule has 0 bridgehead atoms. The molecule has 13 heavy (non-hydrogen) atoms. The Morgan fingerprint density at radius 2 is 2.38 bits per heavy atom. The van der Waals surface area contributed by atoms with Crippen molar-refractivity contribution in [3.63, 3.8) is 0 Å². The average molecular weight is 182 g/mol. The Bertz CT molecular complexity index is 209. The minimum Gasteiger partial charge on any atom is -0.468 e. The third-order valence-electron chi connectivity index (χ3n) is 2.09. The molecule has 3 nitrogen and oxygen atoms in total. The van der Waals surface area contributed by atoms with E-state index in [0.29, 0.717) is 0 Å². The highest BCUT2D eigenvalue weighted by atomic mass is 16.3. The van der Waals surface area contributed by atoms with Gasteiger partial charge in [0.25, 0.3) is 0 Å². The molecule has 0 aliphatic heterocycles. The topological polar surface area (TPSA) is 28.4 Å². The van der Waals surface area contributed by atoms with E-state index in [1.165, 1.54) is 0 Å². The first-order valence-corrected chi connectivity index (χ1v) is 4.74. The standard InChI is InChI=1S/C10H18N2O/c1-3-12(2)7-6-11-9-10-5-4-8-13-10/h4-5,8,11H,3,6-7,9H2,1-2H3. The molecule has 0 atom stereocenters. The quantitative estimate of drug-likeness (QED) is 0.673. The molecule has 0 saturated heterocycles. The van der Waals surface area contributed by atoms with Gasteiger partial charge in [-0.05, 0) is 25.7 Å². The summed E-state index contributed by atoms with van der Waals surface area (Å²) >= 11 is 0. The van der Waals surface area contributed by atoms with Crippen molar-refractivity contribution in [2.75, 3.05) is 26.7 Å². The second kappa shape index (κ2) is 5.78. The fourth-order valence-corrected chi connectivity index (χ4v) is 1.05. The molecule has 1 rings (SSSR count). The zero-order valence-corrected chi connectivity index (χ0v) is 8.42. The van der Waals surface area contributed by atoms with Crippen molar-refractivity contribution in [3.05, 3.63) is 24.2 Å². The van der Waals surface area contributed by atoms with Crippen molar-refractivity contribution < 1.29 is 4.42 Å². The summed E-state index contributed by atoms with van der Waals surface area (Å²) in [4.78, 5) is 2.27. The van der Waals surface area contributed by atoms with Crippen molar-refractivity contribution in [1.29, 1.82) is 0 Å². The van der Waals surface area contributed by atoms with Gasteiger partial charge in [0.2, 0.25) is 0 Å². The van der Waals surface area contributed by atoms with Gasteiger partial charge in [-0.25, -0.2) is 0 Å². The lowest BCUT2D eigenvalue weighted by atomic mass is 10.4. The summed E-state index contributed by atoms with van der Waals surface area (Å²) in [5, 5.41) is 3.32. The van der Waals surface area contributed by atoms with E-state index >= 15 is 0 Å². The molecular weight excluding hydrogens is 164 g/mol. The van der Waals surface area contributed by atoms with Crippen molar-refractivity contribution in [3.8, 4) is 0 Å². The predicted octanol–water partition coefficient (Wildman–Crippen LogP) is 1.32. The SMILES string of the molecule is CCN(C)CCNCc1ccco1. The van der Waals surface area contributed by atoms with E-state index in [2.05, 4.69) is 24.2 Å². The first-order chi connectivity index (χ1) is 6.33. The number of nitrogens with one attached hydrogen (secondary N) is 1. The molecule has 0 saturated carbocycles. The van der Waals surface area contributed by atoms with E-state index in [0.717, 1.165) is 31.9 Å². The van der Waals surface area contributed by atoms with Crippen molar-refractivity contribution in [1.82, 2.24) is 10.2 Å². The zero-order valence-electron chi connectivity index (χ0n) is 8.42. The maximum Gasteiger partial charge on any atom is 0.117 e. The number of rotatable bonds is 6. The van der Waals surface area contributed by atoms with Crippen LogP contribution in [0.2, 0.25) is 0 Å². The third kappa shape index (κ3) is 4.10. The molecule has 74 valence electrons. The maximum absolute atomic E-state index is 5.19. The first kappa shape index (κ1) is 10.3. The van der Waals surface area contributed by atoms with Crippen LogP contribution < -0.4 is 5.32 Å². The van der Waals surface area contributed by atoms with Gasteiger partial charge in [0.15, 0.2) is 0 Å². The minimum atomic E-state index is 0.824. The van der Waals surface area contributed by atoms with Crippen LogP contribution in [0, 0.1) is 0 Å². The van der Waals surface area contributed by atoms with Crippen molar-refractivity contribution in [2.45, 2.75) is 13.5 Å². The summed E-state index contributed by atoms with van der Waals surface area (Å²) in [5.41, 5.74) is 0. The van der Waals surface area contributed by atoms with Crippen LogP contribution >= 0.6 is 0 Å². The molecule has 1 N–H and O–H groups in total. The van der Waals surface area contributed by atoms with Gasteiger partial charge in [0, 0.05) is 13.1 Å². The van der Waals surface area contributed by atoms with Crippen LogP contribution in [0.4, 0.5) is 0 Å². The molecule has 1 aromatic rings. The molecular formula is C10H18N2O. The Kier molecular flexibility index (Phi) is 4.57. The van der Waals surface area contributed by atoms with E-state index in [-0.39, 0.29) is 0 Å². The summed E-state index contributed by atoms with van der Waals surface area (Å²) in [6, 6.07) is 3.89. The van der Waals surface area contributed by atoms with Gasteiger partial charge in [-0.3, -0.25) is 0 Å². The largest absolute Gasteiger partial charge is 0.468 e. The lowest BCUT2D eigenvalue weighted by Gasteiger charge is -2.13. The second-order valence-electron chi connectivity index (χ2n) is 3.15. The normalized spacial score (nSPS) is 11.0. The van der Waals surface area contributed by atoms with Crippen LogP contribution in [0.5, 0.6) is 0 Å². The van der Waals surface area contributed by atoms with Gasteiger partial charge >= 0.3 is 0 Å². The molecule has 0 radical (unpaired) electrons. The number of hydrogen-bond acceptors (Lipinski definition) is 3. The van der Waals surface area contributed by atoms with Crippen LogP contribution in [0.25, 0.3) is 0 Å². The predicted molar refractivity (Wildman–Crippen MR) is 53.6 cm³/mol. The molecule has 0 aliphatic carbocycles. The van der Waals surface area contributed by atoms with E-state index in [9.17, 15) is 0 Å². The Labute approximate surface area is 79.7 Å². The molecule has 3 heteroatoms. The molecule has 0 spiro atoms. The fraction of sp³-hybridized carbons (Fsp3) is 0.600. The van der Waals surface area contributed by atoms with Crippen LogP contribution in [-0.4, -0.2) is 31.6 Å². The van der Waals surface area contributed by atoms with Gasteiger partial charge in [-0.2, -0.15) is 0 Å². The Morgan fingerprint density at radius 3 is 3.00 bits per heavy atom. The molecule has 0 aromatic carbocycles. The summed E-state index contributed by atoms with van der Waals surface area (Å²) in [7, 11) is 2.12. The van der Waals surface area contributed by atoms with Crippen LogP contribution in [-0.2, 0) is 6.54 Å². The monoisotopic (exact) mass is 182 g/mol. The second-order valence-corrected chi connectivity index (χ2v) is 3.15. The highest BCUT2D eigenvalue weighted by molar-refractivity contribution is 4.97. The van der Waals surface area contributed by atoms with Gasteiger partial charge < -0.3 is 14.6 Å². The smallest absolute Gasteiger partial charge is 0.117 e. The highest BCUT2D eigenvalue weighted by Crippen LogP contribution is 1.97. The van der Waals surface area contributed by atoms with E-state index in [1.54, 1.807) is 6.26 Å². The summed E-state index contributed by atoms with van der Waals surface area (Å²) in [6.07, 6.45) is 1.70. The lowest BCUT2D eigenvalue weighted by molar-refractivity contribution is 0.345. The summed E-state index contributed by atoms with van der Waals surface area (Å²) in [6.45, 7) is 6.17. The number of hydrogen-bond donors (Lipinski definition) is 1. The van der Waals surface area contributed by atoms with E-state index in [1.807, 2.05) is 12.1 Å². The van der Waals surface area contributed by atoms with Crippen LogP contribution in [0.3, 0.4) is 0 Å². The molecule has 1 aromatic heterocycles. The van der Waals surface area contributed by atoms with Gasteiger partial charge in [0.05, 0.1) is 12.8 Å². The van der Waals surface area contributed by atoms with E-state index < -0.39 is 0 Å². The molecule has 0 unspecified atom stereocenters. The Hall–Kier alpha value is -0.800. The van der Waals surface area contributed by atoms with Crippen molar-refractivity contribution >= 4 is 0 Å². The van der Waals surface area contributed by atoms with Crippen LogP contribution in [0.1, 0.15) is 12.7 Å². The summed E-state index contributed by atoms with van der Waals surface area (Å²) < 4.78 is 5.19.